The first kappa shape index (κ1) is 33.2. The van der Waals surface area contributed by atoms with E-state index < -0.39 is 33.9 Å². The lowest BCUT2D eigenvalue weighted by Gasteiger charge is -2.61. The van der Waals surface area contributed by atoms with Gasteiger partial charge in [0.15, 0.2) is 22.8 Å². The van der Waals surface area contributed by atoms with Crippen molar-refractivity contribution in [3.8, 4) is 0 Å². The molecule has 6 atom stereocenters. The number of aliphatic hydroxyl groups is 1. The first-order valence-electron chi connectivity index (χ1n) is 15.6. The number of hydrogen-bond donors (Lipinski definition) is 1. The molecule has 1 heterocycles. The topological polar surface area (TPSA) is 80.7 Å². The molecular weight excluding hydrogens is 512 g/mol. The van der Waals surface area contributed by atoms with E-state index in [9.17, 15) is 14.7 Å². The molecule has 6 unspecified atom stereocenters. The van der Waals surface area contributed by atoms with E-state index in [2.05, 4.69) is 46.8 Å². The Kier molecular flexibility index (Phi) is 9.55. The second-order valence-electron chi connectivity index (χ2n) is 14.6. The van der Waals surface area contributed by atoms with Crippen molar-refractivity contribution >= 4 is 17.3 Å². The van der Waals surface area contributed by atoms with Gasteiger partial charge in [0.05, 0.1) is 11.0 Å². The molecule has 0 aromatic carbocycles. The van der Waals surface area contributed by atoms with Gasteiger partial charge in [0.2, 0.25) is 0 Å². The zero-order valence-electron chi connectivity index (χ0n) is 27.5. The number of fused-ring (bicyclic) bond motifs is 3. The summed E-state index contributed by atoms with van der Waals surface area (Å²) in [5.74, 6) is -0.855. The quantitative estimate of drug-likeness (QED) is 0.202. The van der Waals surface area contributed by atoms with Gasteiger partial charge >= 0.3 is 0 Å². The molecule has 1 saturated carbocycles. The van der Waals surface area contributed by atoms with Gasteiger partial charge in [0, 0.05) is 17.9 Å². The molecule has 0 spiro atoms. The zero-order chi connectivity index (χ0) is 31.1. The smallest absolute Gasteiger partial charge is 0.176 e. The van der Waals surface area contributed by atoms with Crippen molar-refractivity contribution in [3.63, 3.8) is 0 Å². The van der Waals surface area contributed by atoms with Gasteiger partial charge in [-0.2, -0.15) is 0 Å². The van der Waals surface area contributed by atoms with Gasteiger partial charge in [-0.05, 0) is 105 Å². The molecule has 3 aliphatic rings. The van der Waals surface area contributed by atoms with Crippen LogP contribution in [-0.4, -0.2) is 34.2 Å². The first-order valence-corrected chi connectivity index (χ1v) is 15.6. The maximum absolute atomic E-state index is 15.4. The number of allylic oxidation sites excluding steroid dienone is 7. The Labute approximate surface area is 248 Å². The summed E-state index contributed by atoms with van der Waals surface area (Å²) >= 11 is 0. The van der Waals surface area contributed by atoms with Crippen LogP contribution in [0.3, 0.4) is 0 Å². The Morgan fingerprint density at radius 3 is 2.15 bits per heavy atom. The molecule has 1 aliphatic heterocycles. The standard InChI is InChI=1S/C36H54O5/c1-12-25(8)29(37)36-31-27(20-28(41-31)33(9,10)40)30(38)35(32(36)39,19-17-24(6)7)21-26(16-15-23(4)5)34(36,11)18-13-14-22(2)3/h14-15,17,25-26,28,40H,12-13,16,18-21H2,1-11H3. The average molecular weight is 567 g/mol. The van der Waals surface area contributed by atoms with Gasteiger partial charge in [-0.3, -0.25) is 14.4 Å². The van der Waals surface area contributed by atoms with Gasteiger partial charge in [0.25, 0.3) is 0 Å². The highest BCUT2D eigenvalue weighted by Gasteiger charge is 2.77. The van der Waals surface area contributed by atoms with Crippen LogP contribution < -0.4 is 0 Å². The van der Waals surface area contributed by atoms with Crippen LogP contribution in [0.4, 0.5) is 0 Å². The highest BCUT2D eigenvalue weighted by molar-refractivity contribution is 6.28. The molecule has 2 aliphatic carbocycles. The van der Waals surface area contributed by atoms with Gasteiger partial charge in [-0.25, -0.2) is 0 Å². The van der Waals surface area contributed by atoms with E-state index in [-0.39, 0.29) is 41.9 Å². The van der Waals surface area contributed by atoms with Crippen molar-refractivity contribution in [1.82, 2.24) is 0 Å². The second-order valence-corrected chi connectivity index (χ2v) is 14.6. The van der Waals surface area contributed by atoms with Crippen LogP contribution >= 0.6 is 0 Å². The number of carbonyl (C=O) groups excluding carboxylic acids is 3. The minimum Gasteiger partial charge on any atom is -0.489 e. The zero-order valence-corrected chi connectivity index (χ0v) is 27.5. The number of hydrogen-bond acceptors (Lipinski definition) is 5. The molecule has 5 nitrogen and oxygen atoms in total. The molecule has 0 radical (unpaired) electrons. The molecule has 1 fully saturated rings. The highest BCUT2D eigenvalue weighted by Crippen LogP contribution is 2.70. The van der Waals surface area contributed by atoms with Crippen LogP contribution in [-0.2, 0) is 19.1 Å². The van der Waals surface area contributed by atoms with Gasteiger partial charge in [-0.1, -0.05) is 55.7 Å². The molecule has 0 aromatic heterocycles. The van der Waals surface area contributed by atoms with Gasteiger partial charge < -0.3 is 9.84 Å². The minimum absolute atomic E-state index is 0.0954. The third-order valence-electron chi connectivity index (χ3n) is 10.2. The minimum atomic E-state index is -1.59. The van der Waals surface area contributed by atoms with Gasteiger partial charge in [-0.15, -0.1) is 0 Å². The Hall–Kier alpha value is -2.27. The van der Waals surface area contributed by atoms with Crippen molar-refractivity contribution in [2.75, 3.05) is 0 Å². The Morgan fingerprint density at radius 1 is 1.05 bits per heavy atom. The fourth-order valence-corrected chi connectivity index (χ4v) is 7.43. The van der Waals surface area contributed by atoms with E-state index in [1.54, 1.807) is 13.8 Å². The van der Waals surface area contributed by atoms with Crippen LogP contribution in [0.25, 0.3) is 0 Å². The number of carbonyl (C=O) groups is 3. The van der Waals surface area contributed by atoms with Crippen molar-refractivity contribution in [2.45, 2.75) is 133 Å². The molecule has 0 aromatic rings. The van der Waals surface area contributed by atoms with E-state index in [1.165, 1.54) is 11.1 Å². The molecule has 5 heteroatoms. The Balaban J connectivity index is 2.48. The number of Topliss-reactive ketones (excluding diaryl/α,β-unsaturated/α-hetero) is 3. The average Bonchev–Trinajstić information content (AvgIpc) is 3.32. The summed E-state index contributed by atoms with van der Waals surface area (Å²) in [4.78, 5) is 45.0. The van der Waals surface area contributed by atoms with Crippen molar-refractivity contribution in [1.29, 1.82) is 0 Å². The number of ether oxygens (including phenoxy) is 1. The Bertz CT molecular complexity index is 1190. The first-order chi connectivity index (χ1) is 18.9. The molecule has 3 rings (SSSR count). The third kappa shape index (κ3) is 5.48. The fraction of sp³-hybridized carbons (Fsp3) is 0.694. The molecule has 2 bridgehead atoms. The summed E-state index contributed by atoms with van der Waals surface area (Å²) in [6, 6.07) is 0. The molecule has 0 saturated heterocycles. The lowest BCUT2D eigenvalue weighted by Crippen LogP contribution is -2.69. The Morgan fingerprint density at radius 2 is 1.63 bits per heavy atom. The predicted molar refractivity (Wildman–Crippen MR) is 165 cm³/mol. The summed E-state index contributed by atoms with van der Waals surface area (Å²) in [7, 11) is 0. The van der Waals surface area contributed by atoms with E-state index in [0.29, 0.717) is 31.3 Å². The molecule has 0 amide bonds. The third-order valence-corrected chi connectivity index (χ3v) is 10.2. The molecule has 41 heavy (non-hydrogen) atoms. The maximum Gasteiger partial charge on any atom is 0.176 e. The van der Waals surface area contributed by atoms with E-state index in [1.807, 2.05) is 33.8 Å². The van der Waals surface area contributed by atoms with Crippen LogP contribution in [0.15, 0.2) is 46.3 Å². The summed E-state index contributed by atoms with van der Waals surface area (Å²) in [6.07, 6.45) is 9.16. The summed E-state index contributed by atoms with van der Waals surface area (Å²) in [6.45, 7) is 21.5. The number of ketones is 3. The molecule has 1 N–H and O–H groups in total. The maximum atomic E-state index is 15.4. The van der Waals surface area contributed by atoms with Crippen LogP contribution in [0, 0.1) is 28.1 Å². The lowest BCUT2D eigenvalue weighted by molar-refractivity contribution is -0.181. The van der Waals surface area contributed by atoms with Gasteiger partial charge in [0.1, 0.15) is 11.9 Å². The molecule has 228 valence electrons. The molecular formula is C36H54O5. The largest absolute Gasteiger partial charge is 0.489 e. The predicted octanol–water partition coefficient (Wildman–Crippen LogP) is 8.03. The van der Waals surface area contributed by atoms with E-state index >= 15 is 4.79 Å². The van der Waals surface area contributed by atoms with Crippen LogP contribution in [0.1, 0.15) is 121 Å². The van der Waals surface area contributed by atoms with Crippen LogP contribution in [0.2, 0.25) is 0 Å². The monoisotopic (exact) mass is 566 g/mol. The SMILES string of the molecule is CCC(C)C(=O)C12C(=O)C(CC=C(C)C)(CC(CC=C(C)C)C1(C)CCC=C(C)C)C(=O)C1=C2OC(C(C)(C)O)C1. The second kappa shape index (κ2) is 11.8. The van der Waals surface area contributed by atoms with Crippen molar-refractivity contribution < 1.29 is 24.2 Å². The van der Waals surface area contributed by atoms with Crippen LogP contribution in [0.5, 0.6) is 0 Å². The van der Waals surface area contributed by atoms with Crippen molar-refractivity contribution in [3.05, 3.63) is 46.3 Å². The normalized spacial score (nSPS) is 31.7. The lowest BCUT2D eigenvalue weighted by atomic mass is 9.38. The summed E-state index contributed by atoms with van der Waals surface area (Å²) in [5, 5.41) is 11.0. The van der Waals surface area contributed by atoms with E-state index in [4.69, 9.17) is 4.74 Å². The highest BCUT2D eigenvalue weighted by atomic mass is 16.5. The summed E-state index contributed by atoms with van der Waals surface area (Å²) < 4.78 is 6.56. The number of rotatable bonds is 11. The summed E-state index contributed by atoms with van der Waals surface area (Å²) in [5.41, 5.74) is -1.10. The van der Waals surface area contributed by atoms with Crippen molar-refractivity contribution in [2.24, 2.45) is 28.1 Å². The fourth-order valence-electron chi connectivity index (χ4n) is 7.43. The van der Waals surface area contributed by atoms with E-state index in [0.717, 1.165) is 12.0 Å².